The average Bonchev–Trinajstić information content (AvgIpc) is 3.59. The van der Waals surface area contributed by atoms with Crippen molar-refractivity contribution in [3.8, 4) is 5.75 Å². The topological polar surface area (TPSA) is 140 Å². The van der Waals surface area contributed by atoms with Crippen LogP contribution in [0.3, 0.4) is 0 Å². The minimum atomic E-state index is -4.78. The zero-order valence-electron chi connectivity index (χ0n) is 22.0. The lowest BCUT2D eigenvalue weighted by molar-refractivity contribution is -0.145. The van der Waals surface area contributed by atoms with E-state index in [2.05, 4.69) is 0 Å². The van der Waals surface area contributed by atoms with Crippen molar-refractivity contribution in [2.45, 2.75) is 89.4 Å². The molecule has 1 aromatic carbocycles. The summed E-state index contributed by atoms with van der Waals surface area (Å²) in [6.07, 6.45) is 5.44. The van der Waals surface area contributed by atoms with E-state index in [1.807, 2.05) is 25.1 Å². The maximum Gasteiger partial charge on any atom is 0.469 e. The number of aliphatic hydroxyl groups excluding tert-OH is 1. The van der Waals surface area contributed by atoms with E-state index >= 15 is 0 Å². The lowest BCUT2D eigenvalue weighted by atomic mass is 9.65. The number of hydrogen-bond acceptors (Lipinski definition) is 7. The predicted octanol–water partition coefficient (Wildman–Crippen LogP) is 4.43. The molecule has 3 aliphatic carbocycles. The molecule has 3 fully saturated rings. The zero-order chi connectivity index (χ0) is 27.3. The van der Waals surface area contributed by atoms with Crippen LogP contribution in [0.4, 0.5) is 0 Å². The van der Waals surface area contributed by atoms with E-state index in [4.69, 9.17) is 14.0 Å². The molecule has 0 amide bonds. The smallest absolute Gasteiger partial charge is 0.469 e. The van der Waals surface area contributed by atoms with Gasteiger partial charge in [-0.1, -0.05) is 25.1 Å². The molecule has 0 bridgehead atoms. The molecule has 1 aromatic rings. The van der Waals surface area contributed by atoms with E-state index in [1.54, 1.807) is 12.1 Å². The molecule has 0 aromatic heterocycles. The molecule has 0 radical (unpaired) electrons. The molecule has 0 aliphatic heterocycles. The van der Waals surface area contributed by atoms with Crippen LogP contribution in [0.1, 0.15) is 71.1 Å². The van der Waals surface area contributed by atoms with E-state index in [1.165, 1.54) is 0 Å². The molecule has 9 nitrogen and oxygen atoms in total. The van der Waals surface area contributed by atoms with E-state index in [9.17, 15) is 29.0 Å². The minimum absolute atomic E-state index is 0.0333. The van der Waals surface area contributed by atoms with Gasteiger partial charge in [-0.05, 0) is 87.2 Å². The van der Waals surface area contributed by atoms with E-state index in [0.29, 0.717) is 36.8 Å². The Labute approximate surface area is 224 Å². The molecule has 0 saturated heterocycles. The summed E-state index contributed by atoms with van der Waals surface area (Å²) in [7, 11) is -4.78. The summed E-state index contributed by atoms with van der Waals surface area (Å²) in [6.45, 7) is 1.99. The molecule has 7 atom stereocenters. The van der Waals surface area contributed by atoms with Gasteiger partial charge in [0, 0.05) is 18.8 Å². The molecule has 0 heterocycles. The Morgan fingerprint density at radius 1 is 1.11 bits per heavy atom. The van der Waals surface area contributed by atoms with Gasteiger partial charge in [0.25, 0.3) is 0 Å². The number of benzene rings is 1. The van der Waals surface area contributed by atoms with Crippen LogP contribution in [0, 0.1) is 29.6 Å². The Hall–Kier alpha value is -1.77. The fourth-order valence-electron chi connectivity index (χ4n) is 6.25. The summed E-state index contributed by atoms with van der Waals surface area (Å²) >= 11 is 0. The number of esters is 1. The van der Waals surface area contributed by atoms with Gasteiger partial charge < -0.3 is 24.4 Å². The number of carbonyl (C=O) groups excluding carboxylic acids is 2. The zero-order valence-corrected chi connectivity index (χ0v) is 22.9. The van der Waals surface area contributed by atoms with Crippen molar-refractivity contribution in [2.75, 3.05) is 6.61 Å². The number of para-hydroxylation sites is 1. The molecule has 10 heteroatoms. The second kappa shape index (κ2) is 13.1. The fraction of sp³-hybridized carbons (Fsp3) is 0.714. The van der Waals surface area contributed by atoms with Crippen LogP contribution < -0.4 is 4.74 Å². The normalized spacial score (nSPS) is 28.9. The van der Waals surface area contributed by atoms with Crippen LogP contribution in [0.5, 0.6) is 5.75 Å². The second-order valence-corrected chi connectivity index (χ2v) is 12.6. The third-order valence-corrected chi connectivity index (χ3v) is 8.92. The Kier molecular flexibility index (Phi) is 10.0. The summed E-state index contributed by atoms with van der Waals surface area (Å²) in [5.41, 5.74) is 0. The van der Waals surface area contributed by atoms with Crippen molar-refractivity contribution in [1.82, 2.24) is 0 Å². The highest BCUT2D eigenvalue weighted by Crippen LogP contribution is 2.51. The SMILES string of the molecule is CC(CC(O)COc1ccccc1)C1C(OP(=O)(O)O)CC(=O)C1CC1CCC1CCCC(=O)OC1CC1. The monoisotopic (exact) mass is 552 g/mol. The van der Waals surface area contributed by atoms with Crippen LogP contribution in [0.25, 0.3) is 0 Å². The number of aliphatic hydroxyl groups is 1. The standard InChI is InChI=1S/C28H41O9P/c1-18(14-21(29)17-35-22-7-3-2-4-8-22)28-24(25(30)16-26(28)37-38(32,33)34)15-20-11-10-19(20)6-5-9-27(31)36-23-12-13-23/h2-4,7-8,18-21,23-24,26,28-29H,5-6,9-17H2,1H3,(H2,32,33,34). The summed E-state index contributed by atoms with van der Waals surface area (Å²) in [6, 6.07) is 9.17. The molecule has 7 unspecified atom stereocenters. The molecule has 3 N–H and O–H groups in total. The van der Waals surface area contributed by atoms with E-state index in [-0.39, 0.29) is 42.7 Å². The van der Waals surface area contributed by atoms with Gasteiger partial charge >= 0.3 is 13.8 Å². The Morgan fingerprint density at radius 3 is 2.45 bits per heavy atom. The highest BCUT2D eigenvalue weighted by molar-refractivity contribution is 7.46. The number of ketones is 1. The third kappa shape index (κ3) is 8.62. The number of hydrogen-bond donors (Lipinski definition) is 3. The van der Waals surface area contributed by atoms with Crippen LogP contribution in [0.2, 0.25) is 0 Å². The van der Waals surface area contributed by atoms with Crippen molar-refractivity contribution < 1.29 is 43.0 Å². The average molecular weight is 553 g/mol. The molecule has 3 aliphatic rings. The molecular formula is C28H41O9P. The Balaban J connectivity index is 1.33. The quantitative estimate of drug-likeness (QED) is 0.213. The predicted molar refractivity (Wildman–Crippen MR) is 139 cm³/mol. The third-order valence-electron chi connectivity index (χ3n) is 8.38. The summed E-state index contributed by atoms with van der Waals surface area (Å²) in [5, 5.41) is 10.7. The largest absolute Gasteiger partial charge is 0.491 e. The summed E-state index contributed by atoms with van der Waals surface area (Å²) in [4.78, 5) is 44.0. The lowest BCUT2D eigenvalue weighted by Crippen LogP contribution is -2.36. The number of carbonyl (C=O) groups is 2. The van der Waals surface area contributed by atoms with Crippen LogP contribution in [-0.2, 0) is 23.4 Å². The molecule has 0 spiro atoms. The van der Waals surface area contributed by atoms with Gasteiger partial charge in [0.2, 0.25) is 0 Å². The first kappa shape index (κ1) is 29.2. The number of Topliss-reactive ketones (excluding diaryl/α,β-unsaturated/α-hetero) is 1. The highest BCUT2D eigenvalue weighted by atomic mass is 31.2. The number of ether oxygens (including phenoxy) is 2. The summed E-state index contributed by atoms with van der Waals surface area (Å²) in [5.74, 6) is 0.246. The Bertz CT molecular complexity index is 976. The van der Waals surface area contributed by atoms with Gasteiger partial charge in [0.05, 0.1) is 12.2 Å². The second-order valence-electron chi connectivity index (χ2n) is 11.4. The maximum atomic E-state index is 13.1. The maximum absolute atomic E-state index is 13.1. The first-order valence-electron chi connectivity index (χ1n) is 13.9. The van der Waals surface area contributed by atoms with Crippen LogP contribution in [0.15, 0.2) is 30.3 Å². The van der Waals surface area contributed by atoms with Crippen molar-refractivity contribution in [2.24, 2.45) is 29.6 Å². The van der Waals surface area contributed by atoms with Gasteiger partial charge in [-0.2, -0.15) is 0 Å². The molecule has 4 rings (SSSR count). The summed E-state index contributed by atoms with van der Waals surface area (Å²) < 4.78 is 27.8. The lowest BCUT2D eigenvalue weighted by Gasteiger charge is -2.40. The first-order valence-corrected chi connectivity index (χ1v) is 15.4. The molecule has 212 valence electrons. The van der Waals surface area contributed by atoms with Crippen molar-refractivity contribution >= 4 is 19.6 Å². The van der Waals surface area contributed by atoms with Crippen molar-refractivity contribution in [1.29, 1.82) is 0 Å². The van der Waals surface area contributed by atoms with Gasteiger partial charge in [-0.25, -0.2) is 4.57 Å². The number of phosphoric acid groups is 1. The molecular weight excluding hydrogens is 511 g/mol. The minimum Gasteiger partial charge on any atom is -0.491 e. The first-order chi connectivity index (χ1) is 18.1. The highest BCUT2D eigenvalue weighted by Gasteiger charge is 2.49. The van der Waals surface area contributed by atoms with Crippen LogP contribution in [-0.4, -0.2) is 51.6 Å². The Morgan fingerprint density at radius 2 is 1.82 bits per heavy atom. The fourth-order valence-corrected chi connectivity index (χ4v) is 6.82. The van der Waals surface area contributed by atoms with E-state index in [0.717, 1.165) is 38.5 Å². The van der Waals surface area contributed by atoms with E-state index < -0.39 is 25.9 Å². The molecule has 38 heavy (non-hydrogen) atoms. The number of phosphoric ester groups is 1. The van der Waals surface area contributed by atoms with Crippen molar-refractivity contribution in [3.63, 3.8) is 0 Å². The van der Waals surface area contributed by atoms with Gasteiger partial charge in [-0.3, -0.25) is 14.1 Å². The van der Waals surface area contributed by atoms with Crippen LogP contribution >= 0.6 is 7.82 Å². The molecule has 3 saturated carbocycles. The van der Waals surface area contributed by atoms with Gasteiger partial charge in [0.1, 0.15) is 24.2 Å². The number of rotatable bonds is 15. The van der Waals surface area contributed by atoms with Crippen molar-refractivity contribution in [3.05, 3.63) is 30.3 Å². The van der Waals surface area contributed by atoms with Gasteiger partial charge in [0.15, 0.2) is 0 Å². The van der Waals surface area contributed by atoms with Gasteiger partial charge in [-0.15, -0.1) is 0 Å².